The Balaban J connectivity index is 1.77. The number of aliphatic hydroxyl groups is 1. The van der Waals surface area contributed by atoms with Gasteiger partial charge in [-0.05, 0) is 43.4 Å². The largest absolute Gasteiger partial charge is 0.494 e. The number of carboxylic acids is 1. The van der Waals surface area contributed by atoms with E-state index in [0.717, 1.165) is 6.42 Å². The summed E-state index contributed by atoms with van der Waals surface area (Å²) in [5.74, 6) is -1.93. The van der Waals surface area contributed by atoms with Crippen molar-refractivity contribution in [1.82, 2.24) is 0 Å². The molecule has 3 rings (SSSR count). The first kappa shape index (κ1) is 16.5. The van der Waals surface area contributed by atoms with Crippen LogP contribution in [0.15, 0.2) is 30.4 Å². The number of amides is 1. The predicted octanol–water partition coefficient (Wildman–Crippen LogP) is 2.04. The molecule has 1 amide bonds. The second-order valence-corrected chi connectivity index (χ2v) is 6.24. The van der Waals surface area contributed by atoms with Crippen molar-refractivity contribution < 1.29 is 24.5 Å². The molecule has 0 aliphatic heterocycles. The van der Waals surface area contributed by atoms with Gasteiger partial charge in [0, 0.05) is 11.3 Å². The highest BCUT2D eigenvalue weighted by atomic mass is 16.5. The second-order valence-electron chi connectivity index (χ2n) is 6.24. The molecule has 1 fully saturated rings. The van der Waals surface area contributed by atoms with Gasteiger partial charge in [0.05, 0.1) is 25.0 Å². The molecule has 3 N–H and O–H groups in total. The number of nitrogens with one attached hydrogen (secondary N) is 1. The molecule has 128 valence electrons. The lowest BCUT2D eigenvalue weighted by Gasteiger charge is -2.24. The van der Waals surface area contributed by atoms with E-state index in [-0.39, 0.29) is 24.3 Å². The highest BCUT2D eigenvalue weighted by molar-refractivity contribution is 5.96. The van der Waals surface area contributed by atoms with Crippen LogP contribution in [0.1, 0.15) is 18.9 Å². The van der Waals surface area contributed by atoms with Gasteiger partial charge < -0.3 is 20.3 Å². The number of ether oxygens (including phenoxy) is 1. The highest BCUT2D eigenvalue weighted by Crippen LogP contribution is 2.48. The Morgan fingerprint density at radius 1 is 1.25 bits per heavy atom. The number of aliphatic hydroxyl groups excluding tert-OH is 1. The Bertz CT molecular complexity index is 684. The fourth-order valence-electron chi connectivity index (χ4n) is 3.82. The molecule has 2 aliphatic carbocycles. The molecule has 1 aromatic rings. The van der Waals surface area contributed by atoms with E-state index in [4.69, 9.17) is 4.74 Å². The molecule has 1 saturated carbocycles. The molecule has 2 bridgehead atoms. The average Bonchev–Trinajstić information content (AvgIpc) is 3.17. The zero-order valence-corrected chi connectivity index (χ0v) is 13.4. The Morgan fingerprint density at radius 3 is 2.58 bits per heavy atom. The van der Waals surface area contributed by atoms with Crippen molar-refractivity contribution in [2.24, 2.45) is 23.7 Å². The number of carboxylic acid groups (broad SMARTS) is 1. The smallest absolute Gasteiger partial charge is 0.307 e. The molecule has 6 nitrogen and oxygen atoms in total. The predicted molar refractivity (Wildman–Crippen MR) is 87.5 cm³/mol. The summed E-state index contributed by atoms with van der Waals surface area (Å²) in [7, 11) is 0. The highest BCUT2D eigenvalue weighted by Gasteiger charge is 2.51. The molecule has 0 radical (unpaired) electrons. The lowest BCUT2D eigenvalue weighted by Crippen LogP contribution is -2.36. The first-order valence-corrected chi connectivity index (χ1v) is 8.13. The van der Waals surface area contributed by atoms with Crippen LogP contribution in [-0.2, 0) is 16.2 Å². The quantitative estimate of drug-likeness (QED) is 0.693. The van der Waals surface area contributed by atoms with Gasteiger partial charge in [0.15, 0.2) is 0 Å². The number of carbonyl (C=O) groups is 2. The van der Waals surface area contributed by atoms with Crippen LogP contribution in [0.25, 0.3) is 0 Å². The second kappa shape index (κ2) is 6.65. The van der Waals surface area contributed by atoms with Gasteiger partial charge in [0.25, 0.3) is 0 Å². The van der Waals surface area contributed by atoms with E-state index in [1.807, 2.05) is 19.1 Å². The van der Waals surface area contributed by atoms with Crippen LogP contribution in [-0.4, -0.2) is 28.7 Å². The molecular formula is C18H21NO5. The van der Waals surface area contributed by atoms with Crippen molar-refractivity contribution in [1.29, 1.82) is 0 Å². The summed E-state index contributed by atoms with van der Waals surface area (Å²) >= 11 is 0. The van der Waals surface area contributed by atoms with Gasteiger partial charge in [-0.25, -0.2) is 0 Å². The molecule has 24 heavy (non-hydrogen) atoms. The summed E-state index contributed by atoms with van der Waals surface area (Å²) < 4.78 is 5.42. The minimum atomic E-state index is -0.922. The van der Waals surface area contributed by atoms with Crippen molar-refractivity contribution in [2.45, 2.75) is 20.0 Å². The van der Waals surface area contributed by atoms with E-state index >= 15 is 0 Å². The minimum Gasteiger partial charge on any atom is -0.494 e. The van der Waals surface area contributed by atoms with Gasteiger partial charge in [-0.2, -0.15) is 0 Å². The van der Waals surface area contributed by atoms with E-state index in [1.165, 1.54) is 0 Å². The zero-order valence-electron chi connectivity index (χ0n) is 13.4. The van der Waals surface area contributed by atoms with Crippen LogP contribution in [0.4, 0.5) is 5.69 Å². The first-order valence-electron chi connectivity index (χ1n) is 8.13. The lowest BCUT2D eigenvalue weighted by atomic mass is 9.82. The molecule has 4 atom stereocenters. The number of fused-ring (bicyclic) bond motifs is 2. The van der Waals surface area contributed by atoms with Crippen LogP contribution in [0.5, 0.6) is 5.75 Å². The van der Waals surface area contributed by atoms with Crippen molar-refractivity contribution in [3.63, 3.8) is 0 Å². The monoisotopic (exact) mass is 331 g/mol. The number of carbonyl (C=O) groups excluding carboxylic acids is 1. The maximum Gasteiger partial charge on any atom is 0.307 e. The number of rotatable bonds is 6. The molecule has 2 aliphatic rings. The third-order valence-corrected chi connectivity index (χ3v) is 4.85. The average molecular weight is 331 g/mol. The van der Waals surface area contributed by atoms with Crippen molar-refractivity contribution in [3.05, 3.63) is 35.9 Å². The summed E-state index contributed by atoms with van der Waals surface area (Å²) in [5.41, 5.74) is 1.11. The fraction of sp³-hybridized carbons (Fsp3) is 0.444. The lowest BCUT2D eigenvalue weighted by molar-refractivity contribution is -0.146. The molecule has 0 saturated heterocycles. The minimum absolute atomic E-state index is 0.0175. The molecule has 0 aromatic heterocycles. The standard InChI is InChI=1S/C18H21NO5/c1-2-24-14-6-5-13(8-12(14)9-20)19-17(21)15-10-3-4-11(7-10)16(15)18(22)23/h3-6,8,10-11,15-16,20H,2,7,9H2,1H3,(H,19,21)(H,22,23). The van der Waals surface area contributed by atoms with Gasteiger partial charge in [0.2, 0.25) is 5.91 Å². The molecule has 1 aromatic carbocycles. The summed E-state index contributed by atoms with van der Waals surface area (Å²) in [5, 5.41) is 21.7. The van der Waals surface area contributed by atoms with E-state index in [2.05, 4.69) is 5.32 Å². The maximum absolute atomic E-state index is 12.6. The number of aliphatic carboxylic acids is 1. The fourth-order valence-corrected chi connectivity index (χ4v) is 3.82. The molecular weight excluding hydrogens is 310 g/mol. The molecule has 0 heterocycles. The summed E-state index contributed by atoms with van der Waals surface area (Å²) in [6.45, 7) is 2.13. The van der Waals surface area contributed by atoms with Crippen LogP contribution < -0.4 is 10.1 Å². The number of anilines is 1. The number of benzene rings is 1. The molecule has 4 unspecified atom stereocenters. The third kappa shape index (κ3) is 2.89. The number of allylic oxidation sites excluding steroid dienone is 2. The SMILES string of the molecule is CCOc1ccc(NC(=O)C2C3C=CC(C3)C2C(=O)O)cc1CO. The van der Waals surface area contributed by atoms with Crippen LogP contribution in [0, 0.1) is 23.7 Å². The Labute approximate surface area is 140 Å². The molecule has 6 heteroatoms. The van der Waals surface area contributed by atoms with Crippen molar-refractivity contribution in [3.8, 4) is 5.75 Å². The van der Waals surface area contributed by atoms with Crippen molar-refractivity contribution in [2.75, 3.05) is 11.9 Å². The Morgan fingerprint density at radius 2 is 1.96 bits per heavy atom. The normalized spacial score (nSPS) is 27.2. The van der Waals surface area contributed by atoms with Crippen LogP contribution >= 0.6 is 0 Å². The summed E-state index contributed by atoms with van der Waals surface area (Å²) in [6.07, 6.45) is 4.58. The van der Waals surface area contributed by atoms with Crippen molar-refractivity contribution >= 4 is 17.6 Å². The Kier molecular flexibility index (Phi) is 4.57. The van der Waals surface area contributed by atoms with Crippen LogP contribution in [0.2, 0.25) is 0 Å². The van der Waals surface area contributed by atoms with Gasteiger partial charge in [-0.1, -0.05) is 12.2 Å². The zero-order chi connectivity index (χ0) is 17.3. The maximum atomic E-state index is 12.6. The van der Waals surface area contributed by atoms with Crippen LogP contribution in [0.3, 0.4) is 0 Å². The summed E-state index contributed by atoms with van der Waals surface area (Å²) in [6, 6.07) is 5.04. The van der Waals surface area contributed by atoms with E-state index < -0.39 is 17.8 Å². The number of hydrogen-bond donors (Lipinski definition) is 3. The summed E-state index contributed by atoms with van der Waals surface area (Å²) in [4.78, 5) is 24.1. The third-order valence-electron chi connectivity index (χ3n) is 4.85. The topological polar surface area (TPSA) is 95.9 Å². The van der Waals surface area contributed by atoms with Gasteiger partial charge >= 0.3 is 5.97 Å². The Hall–Kier alpha value is -2.34. The first-order chi connectivity index (χ1) is 11.5. The van der Waals surface area contributed by atoms with Gasteiger partial charge in [-0.3, -0.25) is 9.59 Å². The molecule has 0 spiro atoms. The van der Waals surface area contributed by atoms with E-state index in [0.29, 0.717) is 23.6 Å². The van der Waals surface area contributed by atoms with E-state index in [1.54, 1.807) is 18.2 Å². The number of hydrogen-bond acceptors (Lipinski definition) is 4. The van der Waals surface area contributed by atoms with Gasteiger partial charge in [0.1, 0.15) is 5.75 Å². The van der Waals surface area contributed by atoms with E-state index in [9.17, 15) is 19.8 Å². The van der Waals surface area contributed by atoms with Gasteiger partial charge in [-0.15, -0.1) is 0 Å².